The summed E-state index contributed by atoms with van der Waals surface area (Å²) in [7, 11) is 3.79. The number of hydrogen-bond acceptors (Lipinski definition) is 3. The minimum absolute atomic E-state index is 0.558. The standard InChI is InChI=1S/C20H22N4O/c1-21-20(24(2)15-16-9-5-3-6-10-16)22-14-18-13-19(25-23-18)17-11-7-4-8-12-17/h3-13H,14-15H2,1-2H3,(H,21,22). The quantitative estimate of drug-likeness (QED) is 0.573. The summed E-state index contributed by atoms with van der Waals surface area (Å²) < 4.78 is 5.43. The van der Waals surface area contributed by atoms with Crippen LogP contribution in [0.2, 0.25) is 0 Å². The van der Waals surface area contributed by atoms with E-state index in [1.807, 2.05) is 61.6 Å². The first-order chi connectivity index (χ1) is 12.3. The molecule has 0 atom stereocenters. The Labute approximate surface area is 148 Å². The first-order valence-electron chi connectivity index (χ1n) is 8.23. The predicted octanol–water partition coefficient (Wildman–Crippen LogP) is 3.55. The van der Waals surface area contributed by atoms with Gasteiger partial charge in [-0.15, -0.1) is 0 Å². The Bertz CT molecular complexity index is 812. The van der Waals surface area contributed by atoms with Crippen LogP contribution < -0.4 is 5.32 Å². The highest BCUT2D eigenvalue weighted by molar-refractivity contribution is 5.79. The molecule has 0 saturated carbocycles. The van der Waals surface area contributed by atoms with Gasteiger partial charge in [0.05, 0.1) is 6.54 Å². The molecule has 0 spiro atoms. The van der Waals surface area contributed by atoms with Crippen molar-refractivity contribution >= 4 is 5.96 Å². The van der Waals surface area contributed by atoms with Gasteiger partial charge in [0.15, 0.2) is 11.7 Å². The monoisotopic (exact) mass is 334 g/mol. The van der Waals surface area contributed by atoms with Crippen molar-refractivity contribution in [2.24, 2.45) is 4.99 Å². The van der Waals surface area contributed by atoms with Crippen molar-refractivity contribution in [2.45, 2.75) is 13.1 Å². The van der Waals surface area contributed by atoms with Crippen LogP contribution in [-0.4, -0.2) is 30.1 Å². The minimum Gasteiger partial charge on any atom is -0.356 e. The lowest BCUT2D eigenvalue weighted by atomic mass is 10.2. The van der Waals surface area contributed by atoms with Crippen molar-refractivity contribution in [1.82, 2.24) is 15.4 Å². The second kappa shape index (κ2) is 8.15. The maximum atomic E-state index is 5.43. The largest absolute Gasteiger partial charge is 0.356 e. The van der Waals surface area contributed by atoms with Crippen LogP contribution in [0.4, 0.5) is 0 Å². The Morgan fingerprint density at radius 1 is 1.08 bits per heavy atom. The van der Waals surface area contributed by atoms with Gasteiger partial charge in [-0.2, -0.15) is 0 Å². The summed E-state index contributed by atoms with van der Waals surface area (Å²) in [5.41, 5.74) is 3.10. The lowest BCUT2D eigenvalue weighted by Gasteiger charge is -2.21. The third-order valence-corrected chi connectivity index (χ3v) is 3.88. The van der Waals surface area contributed by atoms with Gasteiger partial charge in [-0.1, -0.05) is 65.8 Å². The molecule has 0 bridgehead atoms. The molecule has 1 heterocycles. The van der Waals surface area contributed by atoms with Crippen LogP contribution in [-0.2, 0) is 13.1 Å². The van der Waals surface area contributed by atoms with Crippen molar-refractivity contribution in [2.75, 3.05) is 14.1 Å². The van der Waals surface area contributed by atoms with Crippen LogP contribution in [0, 0.1) is 0 Å². The summed E-state index contributed by atoms with van der Waals surface area (Å²) in [6, 6.07) is 22.2. The van der Waals surface area contributed by atoms with Gasteiger partial charge in [-0.25, -0.2) is 0 Å². The van der Waals surface area contributed by atoms with E-state index < -0.39 is 0 Å². The molecule has 128 valence electrons. The number of nitrogens with zero attached hydrogens (tertiary/aromatic N) is 3. The number of hydrogen-bond donors (Lipinski definition) is 1. The molecule has 1 N–H and O–H groups in total. The number of nitrogens with one attached hydrogen (secondary N) is 1. The van der Waals surface area contributed by atoms with E-state index in [2.05, 4.69) is 32.5 Å². The Morgan fingerprint density at radius 2 is 1.76 bits per heavy atom. The van der Waals surface area contributed by atoms with Crippen LogP contribution in [0.15, 0.2) is 76.2 Å². The van der Waals surface area contributed by atoms with Gasteiger partial charge >= 0.3 is 0 Å². The Balaban J connectivity index is 1.59. The third-order valence-electron chi connectivity index (χ3n) is 3.88. The molecular formula is C20H22N4O. The molecule has 0 fully saturated rings. The highest BCUT2D eigenvalue weighted by Gasteiger charge is 2.09. The lowest BCUT2D eigenvalue weighted by molar-refractivity contribution is 0.420. The molecule has 0 radical (unpaired) electrons. The molecule has 5 nitrogen and oxygen atoms in total. The predicted molar refractivity (Wildman–Crippen MR) is 100 cm³/mol. The van der Waals surface area contributed by atoms with E-state index in [0.29, 0.717) is 6.54 Å². The maximum Gasteiger partial charge on any atom is 0.194 e. The summed E-state index contributed by atoms with van der Waals surface area (Å²) >= 11 is 0. The number of aliphatic imine (C=N–C) groups is 1. The Morgan fingerprint density at radius 3 is 2.44 bits per heavy atom. The average molecular weight is 334 g/mol. The highest BCUT2D eigenvalue weighted by atomic mass is 16.5. The molecule has 0 aliphatic carbocycles. The summed E-state index contributed by atoms with van der Waals surface area (Å²) in [5.74, 6) is 1.58. The van der Waals surface area contributed by atoms with Gasteiger partial charge in [0.25, 0.3) is 0 Å². The van der Waals surface area contributed by atoms with Gasteiger partial charge in [-0.3, -0.25) is 4.99 Å². The fourth-order valence-electron chi connectivity index (χ4n) is 2.62. The first-order valence-corrected chi connectivity index (χ1v) is 8.23. The van der Waals surface area contributed by atoms with Crippen LogP contribution in [0.25, 0.3) is 11.3 Å². The highest BCUT2D eigenvalue weighted by Crippen LogP contribution is 2.19. The number of rotatable bonds is 5. The molecule has 0 unspecified atom stereocenters. The van der Waals surface area contributed by atoms with Crippen molar-refractivity contribution < 1.29 is 4.52 Å². The number of aromatic nitrogens is 1. The van der Waals surface area contributed by atoms with Gasteiger partial charge in [0.2, 0.25) is 0 Å². The summed E-state index contributed by atoms with van der Waals surface area (Å²) in [4.78, 5) is 6.41. The second-order valence-corrected chi connectivity index (χ2v) is 5.79. The minimum atomic E-state index is 0.558. The third kappa shape index (κ3) is 4.47. The molecule has 0 aliphatic heterocycles. The van der Waals surface area contributed by atoms with Crippen LogP contribution in [0.3, 0.4) is 0 Å². The zero-order chi connectivity index (χ0) is 17.5. The van der Waals surface area contributed by atoms with E-state index in [1.165, 1.54) is 5.56 Å². The lowest BCUT2D eigenvalue weighted by Crippen LogP contribution is -2.38. The Hall–Kier alpha value is -3.08. The average Bonchev–Trinajstić information content (AvgIpc) is 3.13. The SMILES string of the molecule is CN=C(NCc1cc(-c2ccccc2)on1)N(C)Cc1ccccc1. The number of benzene rings is 2. The van der Waals surface area contributed by atoms with Crippen molar-refractivity contribution in [3.05, 3.63) is 78.0 Å². The van der Waals surface area contributed by atoms with Crippen LogP contribution in [0.1, 0.15) is 11.3 Å². The summed E-state index contributed by atoms with van der Waals surface area (Å²) in [5, 5.41) is 7.46. The van der Waals surface area contributed by atoms with Crippen LogP contribution in [0.5, 0.6) is 0 Å². The molecule has 2 aromatic carbocycles. The molecule has 25 heavy (non-hydrogen) atoms. The van der Waals surface area contributed by atoms with E-state index in [1.54, 1.807) is 7.05 Å². The van der Waals surface area contributed by atoms with Crippen LogP contribution >= 0.6 is 0 Å². The van der Waals surface area contributed by atoms with E-state index in [-0.39, 0.29) is 0 Å². The molecule has 1 aromatic heterocycles. The molecule has 0 saturated heterocycles. The van der Waals surface area contributed by atoms with E-state index >= 15 is 0 Å². The fourth-order valence-corrected chi connectivity index (χ4v) is 2.62. The molecule has 0 aliphatic rings. The summed E-state index contributed by atoms with van der Waals surface area (Å²) in [6.07, 6.45) is 0. The molecule has 3 aromatic rings. The fraction of sp³-hybridized carbons (Fsp3) is 0.200. The maximum absolute atomic E-state index is 5.43. The summed E-state index contributed by atoms with van der Waals surface area (Å²) in [6.45, 7) is 1.34. The van der Waals surface area contributed by atoms with Gasteiger partial charge in [-0.05, 0) is 5.56 Å². The van der Waals surface area contributed by atoms with Gasteiger partial charge in [0.1, 0.15) is 5.69 Å². The first kappa shape index (κ1) is 16.8. The normalized spacial score (nSPS) is 11.4. The molecule has 5 heteroatoms. The smallest absolute Gasteiger partial charge is 0.194 e. The Kier molecular flexibility index (Phi) is 5.46. The van der Waals surface area contributed by atoms with E-state index in [0.717, 1.165) is 29.5 Å². The van der Waals surface area contributed by atoms with E-state index in [4.69, 9.17) is 4.52 Å². The van der Waals surface area contributed by atoms with E-state index in [9.17, 15) is 0 Å². The molecule has 3 rings (SSSR count). The van der Waals surface area contributed by atoms with Gasteiger partial charge in [0, 0.05) is 32.3 Å². The van der Waals surface area contributed by atoms with Crippen molar-refractivity contribution in [3.8, 4) is 11.3 Å². The molecule has 0 amide bonds. The van der Waals surface area contributed by atoms with Gasteiger partial charge < -0.3 is 14.7 Å². The second-order valence-electron chi connectivity index (χ2n) is 5.79. The zero-order valence-electron chi connectivity index (χ0n) is 14.5. The molecular weight excluding hydrogens is 312 g/mol. The topological polar surface area (TPSA) is 53.7 Å². The zero-order valence-corrected chi connectivity index (χ0v) is 14.5. The van der Waals surface area contributed by atoms with Crippen molar-refractivity contribution in [1.29, 1.82) is 0 Å². The van der Waals surface area contributed by atoms with Crippen molar-refractivity contribution in [3.63, 3.8) is 0 Å². The number of guanidine groups is 1.